The first-order valence-electron chi connectivity index (χ1n) is 11.2. The average molecular weight is 400 g/mol. The van der Waals surface area contributed by atoms with Gasteiger partial charge in [0.15, 0.2) is 0 Å². The summed E-state index contributed by atoms with van der Waals surface area (Å²) in [5, 5.41) is 3.17. The summed E-state index contributed by atoms with van der Waals surface area (Å²) in [7, 11) is 0. The SMILES string of the molecule is Cc1cccc(N2CCN(C(=O)C(C)(C)C(=O)NC3CCCCCC3)CC2)c1C. The Labute approximate surface area is 175 Å². The van der Waals surface area contributed by atoms with Crippen molar-refractivity contribution in [1.29, 1.82) is 0 Å². The number of rotatable bonds is 4. The van der Waals surface area contributed by atoms with Crippen molar-refractivity contribution in [2.75, 3.05) is 31.1 Å². The number of amides is 2. The Morgan fingerprint density at radius 2 is 1.59 bits per heavy atom. The minimum atomic E-state index is -1.02. The van der Waals surface area contributed by atoms with Crippen molar-refractivity contribution < 1.29 is 9.59 Å². The first-order chi connectivity index (χ1) is 13.8. The Balaban J connectivity index is 1.58. The van der Waals surface area contributed by atoms with E-state index in [9.17, 15) is 9.59 Å². The van der Waals surface area contributed by atoms with Crippen molar-refractivity contribution in [1.82, 2.24) is 10.2 Å². The third-order valence-corrected chi connectivity index (χ3v) is 6.78. The van der Waals surface area contributed by atoms with Gasteiger partial charge in [0.2, 0.25) is 11.8 Å². The molecule has 1 heterocycles. The number of benzene rings is 1. The number of aryl methyl sites for hydroxylation is 1. The number of nitrogens with zero attached hydrogens (tertiary/aromatic N) is 2. The molecule has 5 heteroatoms. The number of hydrogen-bond acceptors (Lipinski definition) is 3. The van der Waals surface area contributed by atoms with Crippen molar-refractivity contribution in [3.63, 3.8) is 0 Å². The van der Waals surface area contributed by atoms with Crippen LogP contribution in [-0.4, -0.2) is 48.9 Å². The van der Waals surface area contributed by atoms with Gasteiger partial charge in [0.1, 0.15) is 5.41 Å². The Morgan fingerprint density at radius 1 is 0.966 bits per heavy atom. The molecule has 1 saturated carbocycles. The second kappa shape index (κ2) is 9.19. The van der Waals surface area contributed by atoms with E-state index in [0.29, 0.717) is 13.1 Å². The summed E-state index contributed by atoms with van der Waals surface area (Å²) in [6.45, 7) is 10.8. The van der Waals surface area contributed by atoms with Crippen LogP contribution in [0.5, 0.6) is 0 Å². The molecular formula is C24H37N3O2. The number of anilines is 1. The smallest absolute Gasteiger partial charge is 0.237 e. The normalized spacial score (nSPS) is 19.0. The molecule has 1 aliphatic carbocycles. The fraction of sp³-hybridized carbons (Fsp3) is 0.667. The minimum absolute atomic E-state index is 0.0516. The lowest BCUT2D eigenvalue weighted by Gasteiger charge is -2.40. The third-order valence-electron chi connectivity index (χ3n) is 6.78. The second-order valence-corrected chi connectivity index (χ2v) is 9.29. The van der Waals surface area contributed by atoms with Crippen LogP contribution in [-0.2, 0) is 9.59 Å². The van der Waals surface area contributed by atoms with E-state index >= 15 is 0 Å². The van der Waals surface area contributed by atoms with Crippen molar-refractivity contribution in [3.05, 3.63) is 29.3 Å². The molecule has 0 radical (unpaired) electrons. The van der Waals surface area contributed by atoms with Gasteiger partial charge in [-0.25, -0.2) is 0 Å². The molecule has 2 amide bonds. The fourth-order valence-electron chi connectivity index (χ4n) is 4.51. The van der Waals surface area contributed by atoms with Crippen LogP contribution in [0.3, 0.4) is 0 Å². The highest BCUT2D eigenvalue weighted by Gasteiger charge is 2.40. The lowest BCUT2D eigenvalue weighted by molar-refractivity contribution is -0.149. The number of carbonyl (C=O) groups is 2. The summed E-state index contributed by atoms with van der Waals surface area (Å²) < 4.78 is 0. The standard InChI is InChI=1S/C24H37N3O2/c1-18-10-9-13-21(19(18)2)26-14-16-27(17-15-26)23(29)24(3,4)22(28)25-20-11-7-5-6-8-12-20/h9-10,13,20H,5-8,11-12,14-17H2,1-4H3,(H,25,28). The molecule has 1 saturated heterocycles. The van der Waals surface area contributed by atoms with Crippen LogP contribution in [0.15, 0.2) is 18.2 Å². The van der Waals surface area contributed by atoms with E-state index in [-0.39, 0.29) is 17.9 Å². The first kappa shape index (κ1) is 21.7. The first-order valence-corrected chi connectivity index (χ1v) is 11.2. The molecule has 1 aliphatic heterocycles. The summed E-state index contributed by atoms with van der Waals surface area (Å²) in [5.74, 6) is -0.171. The van der Waals surface area contributed by atoms with E-state index in [0.717, 1.165) is 25.9 Å². The van der Waals surface area contributed by atoms with Gasteiger partial charge in [0.05, 0.1) is 0 Å². The number of carbonyl (C=O) groups excluding carboxylic acids is 2. The summed E-state index contributed by atoms with van der Waals surface area (Å²) >= 11 is 0. The lowest BCUT2D eigenvalue weighted by Crippen LogP contribution is -2.56. The van der Waals surface area contributed by atoms with Gasteiger partial charge < -0.3 is 15.1 Å². The molecule has 1 aromatic carbocycles. The number of nitrogens with one attached hydrogen (secondary N) is 1. The van der Waals surface area contributed by atoms with Gasteiger partial charge in [-0.1, -0.05) is 37.8 Å². The summed E-state index contributed by atoms with van der Waals surface area (Å²) in [6.07, 6.45) is 6.90. The van der Waals surface area contributed by atoms with Crippen LogP contribution in [0.2, 0.25) is 0 Å². The summed E-state index contributed by atoms with van der Waals surface area (Å²) in [4.78, 5) is 30.3. The maximum absolute atomic E-state index is 13.2. The molecule has 2 fully saturated rings. The van der Waals surface area contributed by atoms with E-state index in [1.165, 1.54) is 42.5 Å². The van der Waals surface area contributed by atoms with Gasteiger partial charge in [0, 0.05) is 37.9 Å². The highest BCUT2D eigenvalue weighted by Crippen LogP contribution is 2.26. The highest BCUT2D eigenvalue weighted by atomic mass is 16.2. The highest BCUT2D eigenvalue weighted by molar-refractivity contribution is 6.04. The maximum atomic E-state index is 13.2. The van der Waals surface area contributed by atoms with Gasteiger partial charge >= 0.3 is 0 Å². The predicted molar refractivity (Wildman–Crippen MR) is 118 cm³/mol. The Morgan fingerprint density at radius 3 is 2.21 bits per heavy atom. The number of piperazine rings is 1. The molecule has 3 rings (SSSR count). The summed E-state index contributed by atoms with van der Waals surface area (Å²) in [5.41, 5.74) is 2.82. The molecule has 29 heavy (non-hydrogen) atoms. The monoisotopic (exact) mass is 399 g/mol. The predicted octanol–water partition coefficient (Wildman–Crippen LogP) is 3.82. The lowest BCUT2D eigenvalue weighted by atomic mass is 9.89. The van der Waals surface area contributed by atoms with Gasteiger partial charge in [-0.2, -0.15) is 0 Å². The zero-order valence-corrected chi connectivity index (χ0v) is 18.6. The largest absolute Gasteiger partial charge is 0.368 e. The molecular weight excluding hydrogens is 362 g/mol. The molecule has 2 aliphatic rings. The Bertz CT molecular complexity index is 728. The van der Waals surface area contributed by atoms with Crippen LogP contribution >= 0.6 is 0 Å². The van der Waals surface area contributed by atoms with Crippen LogP contribution in [0.25, 0.3) is 0 Å². The molecule has 0 bridgehead atoms. The fourth-order valence-corrected chi connectivity index (χ4v) is 4.51. The van der Waals surface area contributed by atoms with Crippen molar-refractivity contribution in [2.45, 2.75) is 72.3 Å². The summed E-state index contributed by atoms with van der Waals surface area (Å²) in [6, 6.07) is 6.60. The van der Waals surface area contributed by atoms with E-state index in [1.54, 1.807) is 13.8 Å². The average Bonchev–Trinajstić information content (AvgIpc) is 2.98. The molecule has 1 aromatic rings. The Hall–Kier alpha value is -2.04. The molecule has 160 valence electrons. The van der Waals surface area contributed by atoms with Crippen LogP contribution < -0.4 is 10.2 Å². The molecule has 1 N–H and O–H groups in total. The van der Waals surface area contributed by atoms with Gasteiger partial charge in [-0.15, -0.1) is 0 Å². The topological polar surface area (TPSA) is 52.7 Å². The molecule has 0 unspecified atom stereocenters. The van der Waals surface area contributed by atoms with Crippen molar-refractivity contribution in [2.24, 2.45) is 5.41 Å². The molecule has 5 nitrogen and oxygen atoms in total. The van der Waals surface area contributed by atoms with Crippen LogP contribution in [0.1, 0.15) is 63.5 Å². The molecule has 0 atom stereocenters. The number of hydrogen-bond donors (Lipinski definition) is 1. The Kier molecular flexibility index (Phi) is 6.86. The van der Waals surface area contributed by atoms with Crippen molar-refractivity contribution in [3.8, 4) is 0 Å². The van der Waals surface area contributed by atoms with E-state index in [2.05, 4.69) is 42.3 Å². The van der Waals surface area contributed by atoms with Crippen LogP contribution in [0.4, 0.5) is 5.69 Å². The zero-order valence-electron chi connectivity index (χ0n) is 18.6. The van der Waals surface area contributed by atoms with E-state index in [4.69, 9.17) is 0 Å². The molecule has 0 spiro atoms. The van der Waals surface area contributed by atoms with Crippen molar-refractivity contribution >= 4 is 17.5 Å². The zero-order chi connectivity index (χ0) is 21.0. The van der Waals surface area contributed by atoms with Gasteiger partial charge in [-0.3, -0.25) is 9.59 Å². The molecule has 0 aromatic heterocycles. The van der Waals surface area contributed by atoms with Gasteiger partial charge in [0.25, 0.3) is 0 Å². The quantitative estimate of drug-likeness (QED) is 0.619. The van der Waals surface area contributed by atoms with Gasteiger partial charge in [-0.05, 0) is 57.7 Å². The van der Waals surface area contributed by atoms with E-state index in [1.807, 2.05) is 4.90 Å². The van der Waals surface area contributed by atoms with Crippen LogP contribution in [0, 0.1) is 19.3 Å². The van der Waals surface area contributed by atoms with E-state index < -0.39 is 5.41 Å². The minimum Gasteiger partial charge on any atom is -0.368 e. The second-order valence-electron chi connectivity index (χ2n) is 9.29. The maximum Gasteiger partial charge on any atom is 0.237 e. The third kappa shape index (κ3) is 4.93.